The van der Waals surface area contributed by atoms with Crippen molar-refractivity contribution in [2.45, 2.75) is 4.90 Å². The van der Waals surface area contributed by atoms with E-state index in [0.29, 0.717) is 15.2 Å². The topological polar surface area (TPSA) is 63.2 Å². The van der Waals surface area contributed by atoms with Gasteiger partial charge in [0.05, 0.1) is 20.1 Å². The van der Waals surface area contributed by atoms with E-state index in [2.05, 4.69) is 21.2 Å². The molecule has 1 N–H and O–H groups in total. The first-order valence-electron chi connectivity index (χ1n) is 5.84. The van der Waals surface area contributed by atoms with E-state index in [1.54, 1.807) is 24.3 Å². The molecule has 0 aromatic heterocycles. The number of halogens is 2. The molecule has 0 spiro atoms. The van der Waals surface area contributed by atoms with E-state index in [1.165, 1.54) is 18.2 Å². The molecule has 4 nitrogen and oxygen atoms in total. The molecule has 2 aromatic rings. The lowest BCUT2D eigenvalue weighted by molar-refractivity contribution is 0.102. The molecule has 0 aliphatic heterocycles. The van der Waals surface area contributed by atoms with E-state index in [-0.39, 0.29) is 10.5 Å². The highest BCUT2D eigenvalue weighted by Crippen LogP contribution is 2.30. The molecule has 0 aliphatic rings. The first-order valence-corrected chi connectivity index (χ1v) is 8.91. The Morgan fingerprint density at radius 2 is 1.86 bits per heavy atom. The standard InChI is InChI=1S/C14H11BrClNO3S/c1-21(19,20)10-5-2-4-9(8-10)14(18)17-12-7-3-6-11(16)13(12)15/h2-8H,1H3,(H,17,18). The van der Waals surface area contributed by atoms with Gasteiger partial charge in [-0.25, -0.2) is 8.42 Å². The lowest BCUT2D eigenvalue weighted by Crippen LogP contribution is -2.13. The summed E-state index contributed by atoms with van der Waals surface area (Å²) in [6.07, 6.45) is 1.09. The summed E-state index contributed by atoms with van der Waals surface area (Å²) in [7, 11) is -3.36. The van der Waals surface area contributed by atoms with Gasteiger partial charge in [0.1, 0.15) is 0 Å². The Morgan fingerprint density at radius 3 is 2.52 bits per heavy atom. The molecule has 0 saturated carbocycles. The van der Waals surface area contributed by atoms with Gasteiger partial charge in [0, 0.05) is 11.8 Å². The van der Waals surface area contributed by atoms with E-state index in [1.807, 2.05) is 0 Å². The van der Waals surface area contributed by atoms with Crippen LogP contribution in [0.4, 0.5) is 5.69 Å². The first kappa shape index (κ1) is 16.0. The Bertz CT molecular complexity index is 806. The van der Waals surface area contributed by atoms with Gasteiger partial charge in [-0.3, -0.25) is 4.79 Å². The average Bonchev–Trinajstić information content (AvgIpc) is 2.43. The van der Waals surface area contributed by atoms with Gasteiger partial charge < -0.3 is 5.32 Å². The van der Waals surface area contributed by atoms with Gasteiger partial charge in [-0.1, -0.05) is 23.7 Å². The minimum Gasteiger partial charge on any atom is -0.321 e. The van der Waals surface area contributed by atoms with Crippen molar-refractivity contribution in [3.63, 3.8) is 0 Å². The average molecular weight is 389 g/mol. The maximum Gasteiger partial charge on any atom is 0.255 e. The fraction of sp³-hybridized carbons (Fsp3) is 0.0714. The summed E-state index contributed by atoms with van der Waals surface area (Å²) in [5.74, 6) is -0.413. The van der Waals surface area contributed by atoms with Gasteiger partial charge >= 0.3 is 0 Å². The second-order valence-corrected chi connectivity index (χ2v) is 7.57. The van der Waals surface area contributed by atoms with E-state index < -0.39 is 15.7 Å². The Labute approximate surface area is 136 Å². The molecule has 21 heavy (non-hydrogen) atoms. The van der Waals surface area contributed by atoms with Gasteiger partial charge in [0.25, 0.3) is 5.91 Å². The van der Waals surface area contributed by atoms with Crippen molar-refractivity contribution in [1.82, 2.24) is 0 Å². The molecule has 0 heterocycles. The number of sulfone groups is 1. The largest absolute Gasteiger partial charge is 0.321 e. The summed E-state index contributed by atoms with van der Waals surface area (Å²) in [6.45, 7) is 0. The summed E-state index contributed by atoms with van der Waals surface area (Å²) in [4.78, 5) is 12.3. The zero-order valence-corrected chi connectivity index (χ0v) is 14.1. The number of benzene rings is 2. The quantitative estimate of drug-likeness (QED) is 0.871. The normalized spacial score (nSPS) is 11.2. The summed E-state index contributed by atoms with van der Waals surface area (Å²) in [5, 5.41) is 3.15. The van der Waals surface area contributed by atoms with Crippen LogP contribution in [-0.2, 0) is 9.84 Å². The van der Waals surface area contributed by atoms with Crippen LogP contribution in [0.5, 0.6) is 0 Å². The third kappa shape index (κ3) is 3.84. The minimum atomic E-state index is -3.36. The van der Waals surface area contributed by atoms with Crippen LogP contribution in [0.25, 0.3) is 0 Å². The number of amides is 1. The Morgan fingerprint density at radius 1 is 1.19 bits per heavy atom. The molecule has 2 rings (SSSR count). The Balaban J connectivity index is 2.31. The number of carbonyl (C=O) groups excluding carboxylic acids is 1. The molecule has 0 fully saturated rings. The Hall–Kier alpha value is -1.37. The molecule has 1 amide bonds. The van der Waals surface area contributed by atoms with Crippen molar-refractivity contribution >= 4 is 49.0 Å². The number of rotatable bonds is 3. The molecule has 0 saturated heterocycles. The van der Waals surface area contributed by atoms with Crippen LogP contribution < -0.4 is 5.32 Å². The molecule has 0 radical (unpaired) electrons. The van der Waals surface area contributed by atoms with Crippen LogP contribution in [0.15, 0.2) is 51.8 Å². The number of carbonyl (C=O) groups is 1. The second kappa shape index (κ2) is 6.17. The predicted octanol–water partition coefficient (Wildman–Crippen LogP) is 3.76. The maximum absolute atomic E-state index is 12.2. The molecule has 0 bridgehead atoms. The Kier molecular flexibility index (Phi) is 4.70. The fourth-order valence-electron chi connectivity index (χ4n) is 1.66. The smallest absolute Gasteiger partial charge is 0.255 e. The van der Waals surface area contributed by atoms with Gasteiger partial charge in [-0.15, -0.1) is 0 Å². The number of hydrogen-bond acceptors (Lipinski definition) is 3. The highest BCUT2D eigenvalue weighted by atomic mass is 79.9. The van der Waals surface area contributed by atoms with Crippen molar-refractivity contribution in [1.29, 1.82) is 0 Å². The van der Waals surface area contributed by atoms with Crippen molar-refractivity contribution < 1.29 is 13.2 Å². The SMILES string of the molecule is CS(=O)(=O)c1cccc(C(=O)Nc2cccc(Cl)c2Br)c1. The van der Waals surface area contributed by atoms with Gasteiger partial charge in [-0.2, -0.15) is 0 Å². The highest BCUT2D eigenvalue weighted by molar-refractivity contribution is 9.10. The third-order valence-corrected chi connectivity index (χ3v) is 5.23. The molecule has 110 valence electrons. The van der Waals surface area contributed by atoms with E-state index in [4.69, 9.17) is 11.6 Å². The molecular weight excluding hydrogens is 378 g/mol. The van der Waals surface area contributed by atoms with Crippen LogP contribution in [0.1, 0.15) is 10.4 Å². The second-order valence-electron chi connectivity index (χ2n) is 4.36. The van der Waals surface area contributed by atoms with Gasteiger partial charge in [0.2, 0.25) is 0 Å². The van der Waals surface area contributed by atoms with Crippen LogP contribution in [0.3, 0.4) is 0 Å². The lowest BCUT2D eigenvalue weighted by atomic mass is 10.2. The van der Waals surface area contributed by atoms with E-state index >= 15 is 0 Å². The van der Waals surface area contributed by atoms with Crippen LogP contribution in [-0.4, -0.2) is 20.6 Å². The summed E-state index contributed by atoms with van der Waals surface area (Å²) < 4.78 is 23.6. The molecule has 0 atom stereocenters. The number of anilines is 1. The van der Waals surface area contributed by atoms with E-state index in [0.717, 1.165) is 6.26 Å². The summed E-state index contributed by atoms with van der Waals surface area (Å²) in [5.41, 5.74) is 0.766. The van der Waals surface area contributed by atoms with E-state index in [9.17, 15) is 13.2 Å². The molecule has 0 unspecified atom stereocenters. The summed E-state index contributed by atoms with van der Waals surface area (Å²) >= 11 is 9.24. The van der Waals surface area contributed by atoms with Gasteiger partial charge in [-0.05, 0) is 46.3 Å². The van der Waals surface area contributed by atoms with Crippen LogP contribution >= 0.6 is 27.5 Å². The van der Waals surface area contributed by atoms with Crippen LogP contribution in [0.2, 0.25) is 5.02 Å². The summed E-state index contributed by atoms with van der Waals surface area (Å²) in [6, 6.07) is 10.9. The van der Waals surface area contributed by atoms with Crippen molar-refractivity contribution in [2.24, 2.45) is 0 Å². The van der Waals surface area contributed by atoms with Crippen LogP contribution in [0, 0.1) is 0 Å². The van der Waals surface area contributed by atoms with Crippen molar-refractivity contribution in [3.05, 3.63) is 57.5 Å². The fourth-order valence-corrected chi connectivity index (χ4v) is 2.87. The first-order chi connectivity index (χ1) is 9.79. The zero-order valence-electron chi connectivity index (χ0n) is 10.9. The maximum atomic E-state index is 12.2. The molecular formula is C14H11BrClNO3S. The van der Waals surface area contributed by atoms with Crippen molar-refractivity contribution in [2.75, 3.05) is 11.6 Å². The predicted molar refractivity (Wildman–Crippen MR) is 86.7 cm³/mol. The highest BCUT2D eigenvalue weighted by Gasteiger charge is 2.13. The molecule has 2 aromatic carbocycles. The molecule has 0 aliphatic carbocycles. The van der Waals surface area contributed by atoms with Crippen molar-refractivity contribution in [3.8, 4) is 0 Å². The van der Waals surface area contributed by atoms with Gasteiger partial charge in [0.15, 0.2) is 9.84 Å². The zero-order chi connectivity index (χ0) is 15.6. The number of nitrogens with one attached hydrogen (secondary N) is 1. The number of hydrogen-bond donors (Lipinski definition) is 1. The minimum absolute atomic E-state index is 0.0975. The molecule has 7 heteroatoms. The third-order valence-electron chi connectivity index (χ3n) is 2.72. The lowest BCUT2D eigenvalue weighted by Gasteiger charge is -2.09. The monoisotopic (exact) mass is 387 g/mol.